The highest BCUT2D eigenvalue weighted by Crippen LogP contribution is 2.56. The van der Waals surface area contributed by atoms with Gasteiger partial charge in [0.1, 0.15) is 5.75 Å². The number of hydrogen-bond acceptors (Lipinski definition) is 4. The summed E-state index contributed by atoms with van der Waals surface area (Å²) < 4.78 is 12.4. The van der Waals surface area contributed by atoms with E-state index >= 15 is 0 Å². The normalized spacial score (nSPS) is 21.0. The van der Waals surface area contributed by atoms with Crippen LogP contribution in [0.3, 0.4) is 0 Å². The third-order valence-corrected chi connectivity index (χ3v) is 11.8. The summed E-state index contributed by atoms with van der Waals surface area (Å²) >= 11 is 0. The van der Waals surface area contributed by atoms with E-state index in [0.29, 0.717) is 0 Å². The van der Waals surface area contributed by atoms with Gasteiger partial charge >= 0.3 is 0 Å². The Bertz CT molecular complexity index is 898. The minimum atomic E-state index is -1.85. The minimum Gasteiger partial charge on any atom is -0.544 e. The first-order chi connectivity index (χ1) is 14.8. The van der Waals surface area contributed by atoms with Gasteiger partial charge in [0.2, 0.25) is 8.32 Å². The average Bonchev–Trinajstić information content (AvgIpc) is 2.68. The molecule has 1 heterocycles. The molecule has 5 heteroatoms. The molecule has 0 N–H and O–H groups in total. The molecule has 1 fully saturated rings. The second-order valence-corrected chi connectivity index (χ2v) is 15.8. The van der Waals surface area contributed by atoms with Crippen LogP contribution in [-0.4, -0.2) is 21.0 Å². The van der Waals surface area contributed by atoms with Crippen molar-refractivity contribution in [1.82, 2.24) is 0 Å². The van der Waals surface area contributed by atoms with Gasteiger partial charge in [-0.2, -0.15) is 4.89 Å². The second kappa shape index (κ2) is 8.60. The molecule has 0 bridgehead atoms. The number of methoxy groups -OCH3 is 1. The summed E-state index contributed by atoms with van der Waals surface area (Å²) in [6.45, 7) is 19.9. The van der Waals surface area contributed by atoms with E-state index < -0.39 is 19.7 Å². The fraction of sp³-hybridized carbons (Fsp3) is 0.556. The predicted molar refractivity (Wildman–Crippen MR) is 133 cm³/mol. The average molecular weight is 457 g/mol. The van der Waals surface area contributed by atoms with E-state index in [1.807, 2.05) is 0 Å². The van der Waals surface area contributed by atoms with Crippen LogP contribution in [0, 0.1) is 11.8 Å². The molecule has 2 aromatic carbocycles. The number of benzene rings is 2. The van der Waals surface area contributed by atoms with Crippen molar-refractivity contribution in [1.29, 1.82) is 0 Å². The van der Waals surface area contributed by atoms with Crippen molar-refractivity contribution in [3.63, 3.8) is 0 Å². The maximum Gasteiger partial charge on any atom is 0.260 e. The second-order valence-electron chi connectivity index (χ2n) is 11.1. The zero-order valence-corrected chi connectivity index (χ0v) is 22.4. The maximum atomic E-state index is 6.42. The molecule has 32 heavy (non-hydrogen) atoms. The van der Waals surface area contributed by atoms with E-state index in [4.69, 9.17) is 18.9 Å². The van der Waals surface area contributed by atoms with Crippen LogP contribution in [0.15, 0.2) is 48.5 Å². The molecule has 0 spiro atoms. The van der Waals surface area contributed by atoms with E-state index in [2.05, 4.69) is 110 Å². The fourth-order valence-electron chi connectivity index (χ4n) is 4.46. The van der Waals surface area contributed by atoms with Crippen LogP contribution in [-0.2, 0) is 20.3 Å². The zero-order valence-electron chi connectivity index (χ0n) is 21.4. The van der Waals surface area contributed by atoms with Crippen molar-refractivity contribution in [2.75, 3.05) is 7.11 Å². The smallest absolute Gasteiger partial charge is 0.260 e. The van der Waals surface area contributed by atoms with Crippen molar-refractivity contribution in [2.24, 2.45) is 11.8 Å². The quantitative estimate of drug-likeness (QED) is 0.318. The lowest BCUT2D eigenvalue weighted by atomic mass is 9.70. The standard InChI is InChI=1S/C27H40O4Si/c1-19(2)26(20(3)4)27(28-8,31-30-26)23-15-11-21(12-16-23)22-13-17-24(18-14-22)29-32(9,10)25(5,6)7/h11-20H,1-10H3. The van der Waals surface area contributed by atoms with Crippen molar-refractivity contribution < 1.29 is 18.9 Å². The SMILES string of the molecule is COC1(c2ccc(-c3ccc(O[Si](C)(C)C(C)(C)C)cc3)cc2)OOC1(C(C)C)C(C)C. The molecule has 1 aliphatic heterocycles. The van der Waals surface area contributed by atoms with Gasteiger partial charge in [-0.05, 0) is 53.2 Å². The van der Waals surface area contributed by atoms with Gasteiger partial charge in [-0.3, -0.25) is 0 Å². The van der Waals surface area contributed by atoms with Crippen molar-refractivity contribution >= 4 is 8.32 Å². The van der Waals surface area contributed by atoms with Gasteiger partial charge in [0.25, 0.3) is 5.79 Å². The topological polar surface area (TPSA) is 36.9 Å². The lowest BCUT2D eigenvalue weighted by molar-refractivity contribution is -0.634. The minimum absolute atomic E-state index is 0.174. The Morgan fingerprint density at radius 1 is 0.781 bits per heavy atom. The van der Waals surface area contributed by atoms with Gasteiger partial charge in [-0.25, -0.2) is 4.89 Å². The van der Waals surface area contributed by atoms with Gasteiger partial charge in [-0.15, -0.1) is 0 Å². The molecule has 4 nitrogen and oxygen atoms in total. The Morgan fingerprint density at radius 2 is 1.25 bits per heavy atom. The third-order valence-electron chi connectivity index (χ3n) is 7.45. The summed E-state index contributed by atoms with van der Waals surface area (Å²) in [5.74, 6) is 0.483. The highest BCUT2D eigenvalue weighted by molar-refractivity contribution is 6.74. The largest absolute Gasteiger partial charge is 0.544 e. The number of ether oxygens (including phenoxy) is 1. The molecule has 1 aliphatic rings. The van der Waals surface area contributed by atoms with Crippen LogP contribution in [0.1, 0.15) is 54.0 Å². The maximum absolute atomic E-state index is 6.42. The molecule has 0 amide bonds. The Labute approximate surface area is 195 Å². The first-order valence-electron chi connectivity index (χ1n) is 11.6. The van der Waals surface area contributed by atoms with E-state index in [1.165, 1.54) is 0 Å². The van der Waals surface area contributed by atoms with Crippen LogP contribution in [0.2, 0.25) is 18.1 Å². The first-order valence-corrected chi connectivity index (χ1v) is 14.5. The summed E-state index contributed by atoms with van der Waals surface area (Å²) in [4.78, 5) is 11.5. The molecule has 0 aromatic heterocycles. The lowest BCUT2D eigenvalue weighted by Crippen LogP contribution is -2.70. The molecular weight excluding hydrogens is 416 g/mol. The molecule has 2 aromatic rings. The van der Waals surface area contributed by atoms with E-state index in [-0.39, 0.29) is 16.9 Å². The van der Waals surface area contributed by atoms with Crippen molar-refractivity contribution in [3.05, 3.63) is 54.1 Å². The van der Waals surface area contributed by atoms with E-state index in [9.17, 15) is 0 Å². The Kier molecular flexibility index (Phi) is 6.71. The van der Waals surface area contributed by atoms with Gasteiger partial charge in [0.15, 0.2) is 5.60 Å². The highest BCUT2D eigenvalue weighted by Gasteiger charge is 2.69. The molecule has 1 atom stereocenters. The molecule has 1 saturated heterocycles. The Hall–Kier alpha value is -1.66. The van der Waals surface area contributed by atoms with Gasteiger partial charge < -0.3 is 9.16 Å². The number of hydrogen-bond donors (Lipinski definition) is 0. The predicted octanol–water partition coefficient (Wildman–Crippen LogP) is 7.55. The van der Waals surface area contributed by atoms with Crippen molar-refractivity contribution in [3.8, 4) is 16.9 Å². The third kappa shape index (κ3) is 3.94. The van der Waals surface area contributed by atoms with Crippen LogP contribution in [0.5, 0.6) is 5.75 Å². The summed E-state index contributed by atoms with van der Waals surface area (Å²) in [5.41, 5.74) is 2.72. The molecular formula is C27H40O4Si. The summed E-state index contributed by atoms with van der Waals surface area (Å²) in [6.07, 6.45) is 0. The zero-order chi connectivity index (χ0) is 23.9. The van der Waals surface area contributed by atoms with Crippen LogP contribution in [0.25, 0.3) is 11.1 Å². The summed E-state index contributed by atoms with van der Waals surface area (Å²) in [5, 5.41) is 0.174. The molecule has 0 aliphatic carbocycles. The monoisotopic (exact) mass is 456 g/mol. The van der Waals surface area contributed by atoms with E-state index in [1.54, 1.807) is 7.11 Å². The first kappa shape index (κ1) is 25.0. The molecule has 3 rings (SSSR count). The van der Waals surface area contributed by atoms with Crippen LogP contribution < -0.4 is 4.43 Å². The molecule has 1 unspecified atom stereocenters. The van der Waals surface area contributed by atoms with Gasteiger partial charge in [0, 0.05) is 12.7 Å². The van der Waals surface area contributed by atoms with E-state index in [0.717, 1.165) is 22.4 Å². The lowest BCUT2D eigenvalue weighted by Gasteiger charge is -2.59. The fourth-order valence-corrected chi connectivity index (χ4v) is 5.49. The molecule has 176 valence electrons. The van der Waals surface area contributed by atoms with Crippen LogP contribution >= 0.6 is 0 Å². The molecule has 0 radical (unpaired) electrons. The van der Waals surface area contributed by atoms with Crippen molar-refractivity contribution in [2.45, 2.75) is 78.0 Å². The summed E-state index contributed by atoms with van der Waals surface area (Å²) in [7, 11) is -0.153. The molecule has 0 saturated carbocycles. The Morgan fingerprint density at radius 3 is 1.59 bits per heavy atom. The number of rotatable bonds is 7. The van der Waals surface area contributed by atoms with Gasteiger partial charge in [-0.1, -0.05) is 84.9 Å². The van der Waals surface area contributed by atoms with Gasteiger partial charge in [0.05, 0.1) is 0 Å². The van der Waals surface area contributed by atoms with Crippen LogP contribution in [0.4, 0.5) is 0 Å². The Balaban J connectivity index is 1.85. The summed E-state index contributed by atoms with van der Waals surface area (Å²) in [6, 6.07) is 16.8. The highest BCUT2D eigenvalue weighted by atomic mass is 28.4.